The first-order valence-corrected chi connectivity index (χ1v) is 6.60. The zero-order chi connectivity index (χ0) is 13.5. The molecule has 0 saturated heterocycles. The molecule has 0 amide bonds. The molecule has 0 fully saturated rings. The van der Waals surface area contributed by atoms with E-state index in [1.807, 2.05) is 25.1 Å². The lowest BCUT2D eigenvalue weighted by atomic mass is 10.1. The van der Waals surface area contributed by atoms with Gasteiger partial charge in [0.15, 0.2) is 0 Å². The third kappa shape index (κ3) is 4.90. The number of alkyl halides is 3. The lowest BCUT2D eigenvalue weighted by Gasteiger charge is -2.15. The molecule has 0 N–H and O–H groups in total. The predicted octanol–water partition coefficient (Wildman–Crippen LogP) is 4.11. The van der Waals surface area contributed by atoms with Crippen LogP contribution < -0.4 is 4.74 Å². The van der Waals surface area contributed by atoms with Crippen LogP contribution in [0.2, 0.25) is 0 Å². The maximum Gasteiger partial charge on any atom is 0.261 e. The number of hydrogen-bond donors (Lipinski definition) is 0. The number of methoxy groups -OCH3 is 1. The highest BCUT2D eigenvalue weighted by atomic mass is 79.9. The van der Waals surface area contributed by atoms with Gasteiger partial charge in [0.25, 0.3) is 6.43 Å². The Hall–Kier alpha value is -0.680. The number of rotatable bonds is 7. The van der Waals surface area contributed by atoms with Crippen molar-refractivity contribution in [2.75, 3.05) is 20.3 Å². The topological polar surface area (TPSA) is 18.5 Å². The lowest BCUT2D eigenvalue weighted by molar-refractivity contribution is 0.0167. The van der Waals surface area contributed by atoms with Crippen molar-refractivity contribution in [3.63, 3.8) is 0 Å². The first-order chi connectivity index (χ1) is 8.54. The third-order valence-electron chi connectivity index (χ3n) is 2.48. The van der Waals surface area contributed by atoms with Gasteiger partial charge in [-0.05, 0) is 19.4 Å². The van der Waals surface area contributed by atoms with Gasteiger partial charge in [-0.2, -0.15) is 0 Å². The summed E-state index contributed by atoms with van der Waals surface area (Å²) in [5.74, 6) is 0.788. The van der Waals surface area contributed by atoms with Crippen LogP contribution in [0.3, 0.4) is 0 Å². The van der Waals surface area contributed by atoms with E-state index >= 15 is 0 Å². The van der Waals surface area contributed by atoms with Crippen molar-refractivity contribution in [2.45, 2.75) is 24.6 Å². The molecule has 0 heterocycles. The molecule has 0 bridgehead atoms. The number of ether oxygens (including phenoxy) is 2. The molecule has 1 rings (SSSR count). The van der Waals surface area contributed by atoms with Gasteiger partial charge in [-0.3, -0.25) is 0 Å². The Bertz CT molecular complexity index is 372. The van der Waals surface area contributed by atoms with E-state index in [1.165, 1.54) is 0 Å². The molecule has 1 atom stereocenters. The van der Waals surface area contributed by atoms with Crippen LogP contribution in [0.15, 0.2) is 18.2 Å². The maximum atomic E-state index is 11.9. The second kappa shape index (κ2) is 7.69. The molecular weight excluding hydrogens is 306 g/mol. The minimum absolute atomic E-state index is 0.0324. The van der Waals surface area contributed by atoms with Gasteiger partial charge < -0.3 is 9.47 Å². The van der Waals surface area contributed by atoms with E-state index in [4.69, 9.17) is 9.47 Å². The van der Waals surface area contributed by atoms with Crippen LogP contribution in [-0.2, 0) is 4.74 Å². The van der Waals surface area contributed by atoms with Gasteiger partial charge >= 0.3 is 0 Å². The van der Waals surface area contributed by atoms with Gasteiger partial charge in [0.2, 0.25) is 0 Å². The van der Waals surface area contributed by atoms with E-state index in [0.717, 1.165) is 16.9 Å². The van der Waals surface area contributed by atoms with E-state index < -0.39 is 13.0 Å². The highest BCUT2D eigenvalue weighted by Gasteiger charge is 2.13. The van der Waals surface area contributed by atoms with Crippen molar-refractivity contribution in [3.8, 4) is 5.75 Å². The Morgan fingerprint density at radius 3 is 2.67 bits per heavy atom. The molecule has 102 valence electrons. The molecule has 0 aliphatic rings. The van der Waals surface area contributed by atoms with Crippen LogP contribution in [0.1, 0.15) is 22.4 Å². The molecule has 0 aromatic heterocycles. The van der Waals surface area contributed by atoms with E-state index in [1.54, 1.807) is 7.11 Å². The van der Waals surface area contributed by atoms with Crippen LogP contribution in [0, 0.1) is 6.92 Å². The minimum atomic E-state index is -2.41. The van der Waals surface area contributed by atoms with Gasteiger partial charge in [-0.15, -0.1) is 0 Å². The monoisotopic (exact) mass is 322 g/mol. The van der Waals surface area contributed by atoms with Crippen molar-refractivity contribution in [1.82, 2.24) is 0 Å². The summed E-state index contributed by atoms with van der Waals surface area (Å²) in [4.78, 5) is 0.0324. The molecule has 1 unspecified atom stereocenters. The highest BCUT2D eigenvalue weighted by molar-refractivity contribution is 9.09. The van der Waals surface area contributed by atoms with Crippen molar-refractivity contribution < 1.29 is 18.3 Å². The highest BCUT2D eigenvalue weighted by Crippen LogP contribution is 2.34. The second-order valence-electron chi connectivity index (χ2n) is 3.97. The average molecular weight is 323 g/mol. The molecule has 0 radical (unpaired) electrons. The van der Waals surface area contributed by atoms with E-state index in [2.05, 4.69) is 15.9 Å². The summed E-state index contributed by atoms with van der Waals surface area (Å²) in [6, 6.07) is 5.89. The number of halogens is 3. The van der Waals surface area contributed by atoms with E-state index in [0.29, 0.717) is 6.42 Å². The Balaban J connectivity index is 2.55. The van der Waals surface area contributed by atoms with Crippen LogP contribution in [0.5, 0.6) is 5.75 Å². The SMILES string of the molecule is COc1ccc(C)cc1C(Br)CCOCC(F)F. The van der Waals surface area contributed by atoms with Gasteiger partial charge in [0.05, 0.1) is 7.11 Å². The quantitative estimate of drug-likeness (QED) is 0.555. The summed E-state index contributed by atoms with van der Waals surface area (Å²) in [5, 5.41) is 0. The van der Waals surface area contributed by atoms with Crippen molar-refractivity contribution in [1.29, 1.82) is 0 Å². The zero-order valence-electron chi connectivity index (χ0n) is 10.5. The van der Waals surface area contributed by atoms with Crippen LogP contribution in [0.4, 0.5) is 8.78 Å². The zero-order valence-corrected chi connectivity index (χ0v) is 12.0. The van der Waals surface area contributed by atoms with Gasteiger partial charge in [0, 0.05) is 17.0 Å². The molecule has 5 heteroatoms. The van der Waals surface area contributed by atoms with Gasteiger partial charge in [0.1, 0.15) is 12.4 Å². The van der Waals surface area contributed by atoms with Crippen molar-refractivity contribution in [2.24, 2.45) is 0 Å². The molecule has 0 saturated carbocycles. The van der Waals surface area contributed by atoms with E-state index in [-0.39, 0.29) is 11.4 Å². The molecule has 2 nitrogen and oxygen atoms in total. The Morgan fingerprint density at radius 1 is 1.33 bits per heavy atom. The summed E-state index contributed by atoms with van der Waals surface area (Å²) in [6.45, 7) is 1.78. The lowest BCUT2D eigenvalue weighted by Crippen LogP contribution is -2.07. The number of aryl methyl sites for hydroxylation is 1. The van der Waals surface area contributed by atoms with Crippen LogP contribution in [-0.4, -0.2) is 26.7 Å². The Labute approximate surface area is 114 Å². The van der Waals surface area contributed by atoms with E-state index in [9.17, 15) is 8.78 Å². The first kappa shape index (κ1) is 15.4. The Morgan fingerprint density at radius 2 is 2.06 bits per heavy atom. The average Bonchev–Trinajstić information content (AvgIpc) is 2.34. The summed E-state index contributed by atoms with van der Waals surface area (Å²) < 4.78 is 33.9. The van der Waals surface area contributed by atoms with Crippen LogP contribution in [0.25, 0.3) is 0 Å². The third-order valence-corrected chi connectivity index (χ3v) is 3.43. The fourth-order valence-electron chi connectivity index (χ4n) is 1.61. The summed E-state index contributed by atoms with van der Waals surface area (Å²) in [5.41, 5.74) is 2.14. The number of hydrogen-bond acceptors (Lipinski definition) is 2. The normalized spacial score (nSPS) is 12.8. The molecular formula is C13H17BrF2O2. The van der Waals surface area contributed by atoms with Crippen LogP contribution >= 0.6 is 15.9 Å². The second-order valence-corrected chi connectivity index (χ2v) is 5.07. The number of benzene rings is 1. The van der Waals surface area contributed by atoms with Crippen molar-refractivity contribution >= 4 is 15.9 Å². The summed E-state index contributed by atoms with van der Waals surface area (Å²) in [7, 11) is 1.61. The molecule has 18 heavy (non-hydrogen) atoms. The molecule has 0 aliphatic heterocycles. The fourth-order valence-corrected chi connectivity index (χ4v) is 2.16. The molecule has 0 aliphatic carbocycles. The summed E-state index contributed by atoms with van der Waals surface area (Å²) >= 11 is 3.53. The predicted molar refractivity (Wildman–Crippen MR) is 70.8 cm³/mol. The van der Waals surface area contributed by atoms with Gasteiger partial charge in [-0.1, -0.05) is 33.6 Å². The largest absolute Gasteiger partial charge is 0.496 e. The standard InChI is InChI=1S/C13H17BrF2O2/c1-9-3-4-12(17-2)10(7-9)11(14)5-6-18-8-13(15)16/h3-4,7,11,13H,5-6,8H2,1-2H3. The molecule has 1 aromatic rings. The Kier molecular flexibility index (Phi) is 6.57. The smallest absolute Gasteiger partial charge is 0.261 e. The fraction of sp³-hybridized carbons (Fsp3) is 0.538. The van der Waals surface area contributed by atoms with Gasteiger partial charge in [-0.25, -0.2) is 8.78 Å². The molecule has 1 aromatic carbocycles. The minimum Gasteiger partial charge on any atom is -0.496 e. The van der Waals surface area contributed by atoms with Crippen molar-refractivity contribution in [3.05, 3.63) is 29.3 Å². The first-order valence-electron chi connectivity index (χ1n) is 5.69. The maximum absolute atomic E-state index is 11.9. The summed E-state index contributed by atoms with van der Waals surface area (Å²) in [6.07, 6.45) is -1.79. The molecule has 0 spiro atoms.